The van der Waals surface area contributed by atoms with Crippen molar-refractivity contribution in [3.05, 3.63) is 47.4 Å². The van der Waals surface area contributed by atoms with Crippen LogP contribution in [0.5, 0.6) is 0 Å². The van der Waals surface area contributed by atoms with Crippen molar-refractivity contribution in [2.45, 2.75) is 6.04 Å². The number of carbonyl (C=O) groups is 2. The molecule has 6 nitrogen and oxygen atoms in total. The quantitative estimate of drug-likeness (QED) is 0.862. The number of nitrogens with zero attached hydrogens (tertiary/aromatic N) is 1. The van der Waals surface area contributed by atoms with Gasteiger partial charge >= 0.3 is 12.0 Å². The first kappa shape index (κ1) is 15.0. The molecule has 0 aliphatic carbocycles. The van der Waals surface area contributed by atoms with E-state index in [1.54, 1.807) is 0 Å². The van der Waals surface area contributed by atoms with Crippen LogP contribution in [-0.2, 0) is 9.53 Å². The molecule has 0 saturated heterocycles. The highest BCUT2D eigenvalue weighted by atomic mass is 19.1. The summed E-state index contributed by atoms with van der Waals surface area (Å²) in [5.41, 5.74) is 0.516. The van der Waals surface area contributed by atoms with Crippen LogP contribution in [0.15, 0.2) is 36.0 Å². The van der Waals surface area contributed by atoms with E-state index in [0.29, 0.717) is 5.56 Å². The molecule has 1 atom stereocenters. The molecule has 112 valence electrons. The number of amides is 2. The summed E-state index contributed by atoms with van der Waals surface area (Å²) in [5, 5.41) is 11.9. The lowest BCUT2D eigenvalue weighted by Crippen LogP contribution is -2.46. The largest absolute Gasteiger partial charge is 0.478 e. The molecule has 0 spiro atoms. The van der Waals surface area contributed by atoms with Crippen molar-refractivity contribution in [1.29, 1.82) is 0 Å². The predicted octanol–water partition coefficient (Wildman–Crippen LogP) is 1.51. The highest BCUT2D eigenvalue weighted by Crippen LogP contribution is 2.26. The van der Waals surface area contributed by atoms with E-state index in [0.717, 1.165) is 0 Å². The lowest BCUT2D eigenvalue weighted by Gasteiger charge is -2.30. The van der Waals surface area contributed by atoms with Crippen LogP contribution >= 0.6 is 0 Å². The van der Waals surface area contributed by atoms with E-state index < -0.39 is 23.9 Å². The van der Waals surface area contributed by atoms with E-state index in [1.807, 2.05) is 0 Å². The smallest absolute Gasteiger partial charge is 0.335 e. The maximum atomic E-state index is 12.9. The summed E-state index contributed by atoms with van der Waals surface area (Å²) in [6.07, 6.45) is 1.29. The average molecular weight is 294 g/mol. The zero-order chi connectivity index (χ0) is 15.4. The number of urea groups is 1. The summed E-state index contributed by atoms with van der Waals surface area (Å²) in [4.78, 5) is 24.6. The number of carboxylic acids is 1. The van der Waals surface area contributed by atoms with Gasteiger partial charge in [-0.2, -0.15) is 0 Å². The highest BCUT2D eigenvalue weighted by molar-refractivity contribution is 5.92. The third-order valence-corrected chi connectivity index (χ3v) is 3.12. The van der Waals surface area contributed by atoms with Gasteiger partial charge in [-0.1, -0.05) is 12.1 Å². The minimum absolute atomic E-state index is 0.0114. The Morgan fingerprint density at radius 3 is 2.67 bits per heavy atom. The first-order valence-corrected chi connectivity index (χ1v) is 6.29. The first-order chi connectivity index (χ1) is 10.0. The molecule has 0 unspecified atom stereocenters. The molecule has 1 aliphatic heterocycles. The molecule has 2 N–H and O–H groups in total. The third kappa shape index (κ3) is 3.38. The molecule has 7 heteroatoms. The summed E-state index contributed by atoms with van der Waals surface area (Å²) in [6, 6.07) is 4.10. The molecule has 0 aromatic heterocycles. The lowest BCUT2D eigenvalue weighted by atomic mass is 9.98. The van der Waals surface area contributed by atoms with E-state index in [9.17, 15) is 19.1 Å². The Morgan fingerprint density at radius 1 is 1.43 bits per heavy atom. The van der Waals surface area contributed by atoms with Crippen LogP contribution < -0.4 is 5.32 Å². The number of nitrogens with one attached hydrogen (secondary N) is 1. The fourth-order valence-corrected chi connectivity index (χ4v) is 2.04. The molecule has 1 heterocycles. The number of hydrogen-bond donors (Lipinski definition) is 2. The number of halogens is 1. The number of hydrogen-bond acceptors (Lipinski definition) is 3. The third-order valence-electron chi connectivity index (χ3n) is 3.12. The van der Waals surface area contributed by atoms with Crippen LogP contribution in [0.4, 0.5) is 9.18 Å². The van der Waals surface area contributed by atoms with Crippen LogP contribution in [-0.4, -0.2) is 42.3 Å². The molecule has 0 saturated carbocycles. The monoisotopic (exact) mass is 294 g/mol. The second-order valence-electron chi connectivity index (χ2n) is 4.51. The maximum Gasteiger partial charge on any atom is 0.335 e. The molecule has 1 aliphatic rings. The fourth-order valence-electron chi connectivity index (χ4n) is 2.04. The highest BCUT2D eigenvalue weighted by Gasteiger charge is 2.31. The molecule has 0 bridgehead atoms. The second-order valence-corrected chi connectivity index (χ2v) is 4.51. The minimum atomic E-state index is -1.15. The molecule has 21 heavy (non-hydrogen) atoms. The Morgan fingerprint density at radius 2 is 2.10 bits per heavy atom. The fraction of sp³-hybridized carbons (Fsp3) is 0.286. The second kappa shape index (κ2) is 6.36. The van der Waals surface area contributed by atoms with Crippen LogP contribution in [0, 0.1) is 5.82 Å². The lowest BCUT2D eigenvalue weighted by molar-refractivity contribution is -0.133. The van der Waals surface area contributed by atoms with Crippen molar-refractivity contribution in [2.75, 3.05) is 20.3 Å². The van der Waals surface area contributed by atoms with Crippen LogP contribution in [0.1, 0.15) is 11.6 Å². The van der Waals surface area contributed by atoms with Gasteiger partial charge in [0.15, 0.2) is 0 Å². The Labute approximate surface area is 120 Å². The van der Waals surface area contributed by atoms with Gasteiger partial charge in [-0.3, -0.25) is 4.90 Å². The van der Waals surface area contributed by atoms with Gasteiger partial charge in [-0.15, -0.1) is 0 Å². The zero-order valence-corrected chi connectivity index (χ0v) is 11.4. The van der Waals surface area contributed by atoms with Crippen LogP contribution in [0.25, 0.3) is 0 Å². The Bertz CT molecular complexity index is 571. The molecule has 2 amide bonds. The average Bonchev–Trinajstić information content (AvgIpc) is 2.46. The normalized spacial score (nSPS) is 18.2. The molecule has 0 fully saturated rings. The number of benzene rings is 1. The van der Waals surface area contributed by atoms with Gasteiger partial charge < -0.3 is 15.2 Å². The van der Waals surface area contributed by atoms with Crippen LogP contribution in [0.3, 0.4) is 0 Å². The van der Waals surface area contributed by atoms with Gasteiger partial charge in [-0.25, -0.2) is 14.0 Å². The molecular formula is C14H15FN2O4. The van der Waals surface area contributed by atoms with Gasteiger partial charge in [0.25, 0.3) is 0 Å². The molecule has 1 aromatic carbocycles. The molecule has 0 radical (unpaired) electrons. The van der Waals surface area contributed by atoms with Gasteiger partial charge in [0, 0.05) is 13.3 Å². The molecule has 2 rings (SSSR count). The number of carbonyl (C=O) groups excluding carboxylic acids is 1. The maximum absolute atomic E-state index is 12.9. The van der Waals surface area contributed by atoms with E-state index in [1.165, 1.54) is 42.5 Å². The summed E-state index contributed by atoms with van der Waals surface area (Å²) in [5.74, 6) is -1.57. The van der Waals surface area contributed by atoms with Gasteiger partial charge in [0.1, 0.15) is 5.82 Å². The van der Waals surface area contributed by atoms with Crippen molar-refractivity contribution in [3.8, 4) is 0 Å². The first-order valence-electron chi connectivity index (χ1n) is 6.29. The van der Waals surface area contributed by atoms with Gasteiger partial charge in [0.05, 0.1) is 24.8 Å². The zero-order valence-electron chi connectivity index (χ0n) is 11.4. The van der Waals surface area contributed by atoms with Crippen molar-refractivity contribution < 1.29 is 23.8 Å². The predicted molar refractivity (Wildman–Crippen MR) is 72.0 cm³/mol. The Hall–Kier alpha value is -2.41. The van der Waals surface area contributed by atoms with Gasteiger partial charge in [0.2, 0.25) is 0 Å². The van der Waals surface area contributed by atoms with Crippen molar-refractivity contribution in [1.82, 2.24) is 10.2 Å². The number of methoxy groups -OCH3 is 1. The van der Waals surface area contributed by atoms with Crippen molar-refractivity contribution >= 4 is 12.0 Å². The summed E-state index contributed by atoms with van der Waals surface area (Å²) < 4.78 is 17.8. The van der Waals surface area contributed by atoms with E-state index in [4.69, 9.17) is 4.74 Å². The Kier molecular flexibility index (Phi) is 4.54. The summed E-state index contributed by atoms with van der Waals surface area (Å²) in [7, 11) is 1.49. The van der Waals surface area contributed by atoms with E-state index in [2.05, 4.69) is 5.32 Å². The number of ether oxygens (including phenoxy) is 1. The summed E-state index contributed by atoms with van der Waals surface area (Å²) in [6.45, 7) is 0.535. The van der Waals surface area contributed by atoms with E-state index >= 15 is 0 Å². The topological polar surface area (TPSA) is 78.9 Å². The van der Waals surface area contributed by atoms with Crippen LogP contribution in [0.2, 0.25) is 0 Å². The molecule has 1 aromatic rings. The standard InChI is InChI=1S/C14H15FN2O4/c1-21-7-6-17-8-11(13(18)19)12(16-14(17)20)9-2-4-10(15)5-3-9/h2-5,8,12H,6-7H2,1H3,(H,16,20)(H,18,19)/t12-/m0/s1. The number of rotatable bonds is 5. The molecular weight excluding hydrogens is 279 g/mol. The number of carboxylic acid groups (broad SMARTS) is 1. The Balaban J connectivity index is 2.31. The minimum Gasteiger partial charge on any atom is -0.478 e. The summed E-state index contributed by atoms with van der Waals surface area (Å²) >= 11 is 0. The van der Waals surface area contributed by atoms with Crippen molar-refractivity contribution in [3.63, 3.8) is 0 Å². The number of aliphatic carboxylic acids is 1. The van der Waals surface area contributed by atoms with E-state index in [-0.39, 0.29) is 18.7 Å². The van der Waals surface area contributed by atoms with Crippen molar-refractivity contribution in [2.24, 2.45) is 0 Å². The SMILES string of the molecule is COCCN1C=C(C(=O)O)[C@H](c2ccc(F)cc2)NC1=O. The van der Waals surface area contributed by atoms with Gasteiger partial charge in [-0.05, 0) is 17.7 Å².